The van der Waals surface area contributed by atoms with Crippen LogP contribution in [0.5, 0.6) is 0 Å². The molecule has 3 nitrogen and oxygen atoms in total. The molecule has 1 aromatic rings. The summed E-state index contributed by atoms with van der Waals surface area (Å²) in [6.07, 6.45) is 1.53. The lowest BCUT2D eigenvalue weighted by molar-refractivity contribution is -0.00744. The molecule has 1 aliphatic rings. The topological polar surface area (TPSA) is 38.5 Å². The molecule has 0 radical (unpaired) electrons. The molecule has 2 N–H and O–H groups in total. The molecule has 2 unspecified atom stereocenters. The lowest BCUT2D eigenvalue weighted by Gasteiger charge is -2.36. The van der Waals surface area contributed by atoms with Crippen LogP contribution >= 0.6 is 12.2 Å². The molecule has 2 rings (SSSR count). The molecular weight excluding hydrogens is 256 g/mol. The molecule has 2 atom stereocenters. The molecule has 0 aliphatic carbocycles. The molecule has 0 saturated carbocycles. The van der Waals surface area contributed by atoms with E-state index in [0.717, 1.165) is 25.2 Å². The van der Waals surface area contributed by atoms with E-state index in [1.807, 2.05) is 12.1 Å². The molecule has 0 amide bonds. The molecule has 0 aromatic heterocycles. The van der Waals surface area contributed by atoms with Crippen molar-refractivity contribution in [1.29, 1.82) is 0 Å². The highest BCUT2D eigenvalue weighted by Gasteiger charge is 2.25. The van der Waals surface area contributed by atoms with Gasteiger partial charge in [-0.05, 0) is 30.5 Å². The van der Waals surface area contributed by atoms with E-state index < -0.39 is 0 Å². The van der Waals surface area contributed by atoms with E-state index >= 15 is 0 Å². The highest BCUT2D eigenvalue weighted by atomic mass is 32.1. The summed E-state index contributed by atoms with van der Waals surface area (Å²) in [6, 6.07) is 8.19. The quantitative estimate of drug-likeness (QED) is 0.857. The number of nitrogens with two attached hydrogens (primary N) is 1. The van der Waals surface area contributed by atoms with Gasteiger partial charge >= 0.3 is 0 Å². The third-order valence-corrected chi connectivity index (χ3v) is 4.13. The third kappa shape index (κ3) is 3.75. The fourth-order valence-electron chi connectivity index (χ4n) is 2.63. The molecule has 1 heterocycles. The Morgan fingerprint density at radius 3 is 3.00 bits per heavy atom. The number of methoxy groups -OCH3 is 1. The number of hydrogen-bond acceptors (Lipinski definition) is 3. The maximum absolute atomic E-state index is 5.68. The number of hydrogen-bond donors (Lipinski definition) is 1. The lowest BCUT2D eigenvalue weighted by Crippen LogP contribution is -2.43. The molecule has 1 aromatic carbocycles. The molecule has 104 valence electrons. The van der Waals surface area contributed by atoms with E-state index in [1.54, 1.807) is 7.11 Å². The Morgan fingerprint density at radius 1 is 1.53 bits per heavy atom. The van der Waals surface area contributed by atoms with Crippen LogP contribution in [0.4, 0.5) is 0 Å². The second kappa shape index (κ2) is 6.46. The molecule has 4 heteroatoms. The zero-order valence-corrected chi connectivity index (χ0v) is 12.5. The van der Waals surface area contributed by atoms with Gasteiger partial charge in [-0.3, -0.25) is 4.90 Å². The molecular formula is C15H22N2OS. The van der Waals surface area contributed by atoms with Gasteiger partial charge in [0.25, 0.3) is 0 Å². The fraction of sp³-hybridized carbons (Fsp3) is 0.533. The maximum Gasteiger partial charge on any atom is 0.103 e. The molecule has 0 bridgehead atoms. The zero-order valence-electron chi connectivity index (χ0n) is 11.6. The van der Waals surface area contributed by atoms with Crippen molar-refractivity contribution in [2.24, 2.45) is 11.7 Å². The smallest absolute Gasteiger partial charge is 0.103 e. The van der Waals surface area contributed by atoms with E-state index in [-0.39, 0.29) is 0 Å². The summed E-state index contributed by atoms with van der Waals surface area (Å²) in [4.78, 5) is 2.90. The van der Waals surface area contributed by atoms with Gasteiger partial charge in [0, 0.05) is 25.8 Å². The predicted molar refractivity (Wildman–Crippen MR) is 82.2 cm³/mol. The number of thiocarbonyl (C=S) groups is 1. The van der Waals surface area contributed by atoms with Gasteiger partial charge in [-0.25, -0.2) is 0 Å². The van der Waals surface area contributed by atoms with Crippen molar-refractivity contribution in [3.8, 4) is 0 Å². The van der Waals surface area contributed by atoms with E-state index in [9.17, 15) is 0 Å². The Kier molecular flexibility index (Phi) is 4.91. The van der Waals surface area contributed by atoms with Gasteiger partial charge in [0.15, 0.2) is 0 Å². The first-order valence-corrected chi connectivity index (χ1v) is 7.15. The highest BCUT2D eigenvalue weighted by molar-refractivity contribution is 7.80. The van der Waals surface area contributed by atoms with Gasteiger partial charge < -0.3 is 10.5 Å². The fourth-order valence-corrected chi connectivity index (χ4v) is 2.76. The number of nitrogens with zero attached hydrogens (tertiary/aromatic N) is 1. The molecule has 1 aliphatic heterocycles. The van der Waals surface area contributed by atoms with Gasteiger partial charge in [0.05, 0.1) is 6.10 Å². The van der Waals surface area contributed by atoms with E-state index in [4.69, 9.17) is 22.7 Å². The first-order valence-electron chi connectivity index (χ1n) is 6.74. The average molecular weight is 278 g/mol. The number of piperidine rings is 1. The van der Waals surface area contributed by atoms with Crippen molar-refractivity contribution in [3.05, 3.63) is 35.4 Å². The normalized spacial score (nSPS) is 24.3. The summed E-state index contributed by atoms with van der Waals surface area (Å²) in [7, 11) is 1.80. The van der Waals surface area contributed by atoms with Gasteiger partial charge in [0.2, 0.25) is 0 Å². The SMILES string of the molecule is COC1CN(Cc2cccc(C(N)=S)c2)CCC1C. The first kappa shape index (κ1) is 14.4. The van der Waals surface area contributed by atoms with Crippen LogP contribution < -0.4 is 5.73 Å². The van der Waals surface area contributed by atoms with Crippen molar-refractivity contribution in [3.63, 3.8) is 0 Å². The first-order chi connectivity index (χ1) is 9.10. The minimum Gasteiger partial charge on any atom is -0.389 e. The van der Waals surface area contributed by atoms with E-state index in [2.05, 4.69) is 24.0 Å². The largest absolute Gasteiger partial charge is 0.389 e. The van der Waals surface area contributed by atoms with Crippen molar-refractivity contribution in [1.82, 2.24) is 4.90 Å². The van der Waals surface area contributed by atoms with Crippen molar-refractivity contribution < 1.29 is 4.74 Å². The minimum atomic E-state index is 0.340. The van der Waals surface area contributed by atoms with Crippen LogP contribution in [0.1, 0.15) is 24.5 Å². The Balaban J connectivity index is 2.01. The van der Waals surface area contributed by atoms with Gasteiger partial charge in [-0.2, -0.15) is 0 Å². The molecule has 1 fully saturated rings. The number of benzene rings is 1. The van der Waals surface area contributed by atoms with Crippen LogP contribution in [0.15, 0.2) is 24.3 Å². The molecule has 0 spiro atoms. The van der Waals surface area contributed by atoms with E-state index in [1.165, 1.54) is 12.0 Å². The summed E-state index contributed by atoms with van der Waals surface area (Å²) in [5.74, 6) is 0.643. The highest BCUT2D eigenvalue weighted by Crippen LogP contribution is 2.21. The minimum absolute atomic E-state index is 0.340. The summed E-state index contributed by atoms with van der Waals surface area (Å²) >= 11 is 5.02. The molecule has 19 heavy (non-hydrogen) atoms. The summed E-state index contributed by atoms with van der Waals surface area (Å²) in [6.45, 7) is 5.31. The maximum atomic E-state index is 5.68. The number of ether oxygens (including phenoxy) is 1. The summed E-state index contributed by atoms with van der Waals surface area (Å²) < 4.78 is 5.55. The Bertz CT molecular complexity index is 450. The van der Waals surface area contributed by atoms with Gasteiger partial charge in [0.1, 0.15) is 4.99 Å². The van der Waals surface area contributed by atoms with Crippen LogP contribution in [0.3, 0.4) is 0 Å². The van der Waals surface area contributed by atoms with Crippen molar-refractivity contribution in [2.75, 3.05) is 20.2 Å². The molecule has 1 saturated heterocycles. The lowest BCUT2D eigenvalue weighted by atomic mass is 9.95. The Labute approximate surface area is 120 Å². The van der Waals surface area contributed by atoms with Crippen LogP contribution in [-0.2, 0) is 11.3 Å². The zero-order chi connectivity index (χ0) is 13.8. The summed E-state index contributed by atoms with van der Waals surface area (Å²) in [5.41, 5.74) is 7.88. The van der Waals surface area contributed by atoms with Crippen LogP contribution in [-0.4, -0.2) is 36.2 Å². The number of rotatable bonds is 4. The van der Waals surface area contributed by atoms with Gasteiger partial charge in [-0.1, -0.05) is 37.3 Å². The van der Waals surface area contributed by atoms with Crippen LogP contribution in [0.2, 0.25) is 0 Å². The monoisotopic (exact) mass is 278 g/mol. The third-order valence-electron chi connectivity index (χ3n) is 3.89. The Hall–Kier alpha value is -0.970. The second-order valence-corrected chi connectivity index (χ2v) is 5.78. The predicted octanol–water partition coefficient (Wildman–Crippen LogP) is 2.18. The van der Waals surface area contributed by atoms with Crippen molar-refractivity contribution in [2.45, 2.75) is 26.0 Å². The standard InChI is InChI=1S/C15H22N2OS/c1-11-6-7-17(10-14(11)18-2)9-12-4-3-5-13(8-12)15(16)19/h3-5,8,11,14H,6-7,9-10H2,1-2H3,(H2,16,19). The van der Waals surface area contributed by atoms with Crippen LogP contribution in [0, 0.1) is 5.92 Å². The number of likely N-dealkylation sites (tertiary alicyclic amines) is 1. The van der Waals surface area contributed by atoms with Gasteiger partial charge in [-0.15, -0.1) is 0 Å². The second-order valence-electron chi connectivity index (χ2n) is 5.34. The van der Waals surface area contributed by atoms with Crippen LogP contribution in [0.25, 0.3) is 0 Å². The van der Waals surface area contributed by atoms with E-state index in [0.29, 0.717) is 17.0 Å². The summed E-state index contributed by atoms with van der Waals surface area (Å²) in [5, 5.41) is 0. The van der Waals surface area contributed by atoms with Crippen molar-refractivity contribution >= 4 is 17.2 Å². The average Bonchev–Trinajstić information content (AvgIpc) is 2.41. The Morgan fingerprint density at radius 2 is 2.32 bits per heavy atom.